The minimum absolute atomic E-state index is 0.162. The number of nitrogen functional groups attached to an aromatic ring is 1. The molecule has 0 saturated carbocycles. The van der Waals surface area contributed by atoms with E-state index in [1.807, 2.05) is 20.8 Å². The smallest absolute Gasteiger partial charge is 0.404 e. The normalized spacial score (nSPS) is 10.9. The van der Waals surface area contributed by atoms with Crippen LogP contribution >= 0.6 is 0 Å². The Morgan fingerprint density at radius 3 is 2.53 bits per heavy atom. The molecule has 0 aliphatic carbocycles. The summed E-state index contributed by atoms with van der Waals surface area (Å²) in [5, 5.41) is 3.01. The summed E-state index contributed by atoms with van der Waals surface area (Å²) in [5.41, 5.74) is 7.15. The first-order valence-electron chi connectivity index (χ1n) is 5.85. The number of nitrogens with zero attached hydrogens (tertiary/aromatic N) is 2. The van der Waals surface area contributed by atoms with Gasteiger partial charge in [-0.15, -0.1) is 0 Å². The van der Waals surface area contributed by atoms with Crippen molar-refractivity contribution in [3.63, 3.8) is 0 Å². The topological polar surface area (TPSA) is 128 Å². The molecular formula is C11H20N6O2. The van der Waals surface area contributed by atoms with Gasteiger partial charge in [0.1, 0.15) is 24.1 Å². The number of hydrogen-bond donors (Lipinski definition) is 4. The van der Waals surface area contributed by atoms with Crippen molar-refractivity contribution in [2.24, 2.45) is 11.6 Å². The first-order chi connectivity index (χ1) is 8.82. The lowest BCUT2D eigenvalue weighted by atomic mass is 9.96. The maximum absolute atomic E-state index is 10.4. The van der Waals surface area contributed by atoms with Crippen molar-refractivity contribution in [2.45, 2.75) is 26.2 Å². The molecule has 0 radical (unpaired) electrons. The van der Waals surface area contributed by atoms with E-state index >= 15 is 0 Å². The number of amides is 1. The van der Waals surface area contributed by atoms with Gasteiger partial charge in [-0.1, -0.05) is 20.8 Å². The number of nitrogens with one attached hydrogen (secondary N) is 2. The number of rotatable bonds is 5. The van der Waals surface area contributed by atoms with Crippen LogP contribution in [0.3, 0.4) is 0 Å². The highest BCUT2D eigenvalue weighted by Gasteiger charge is 2.18. The second-order valence-electron chi connectivity index (χ2n) is 4.95. The zero-order valence-corrected chi connectivity index (χ0v) is 11.4. The molecule has 106 valence electrons. The van der Waals surface area contributed by atoms with Crippen LogP contribution < -0.4 is 22.3 Å². The monoisotopic (exact) mass is 268 g/mol. The number of hydrazine groups is 1. The van der Waals surface area contributed by atoms with Gasteiger partial charge in [0.05, 0.1) is 6.54 Å². The molecule has 1 rings (SSSR count). The Morgan fingerprint density at radius 2 is 2.00 bits per heavy atom. The average Bonchev–Trinajstić information content (AvgIpc) is 2.33. The van der Waals surface area contributed by atoms with Crippen LogP contribution in [0.1, 0.15) is 26.6 Å². The maximum atomic E-state index is 10.4. The predicted molar refractivity (Wildman–Crippen MR) is 72.6 cm³/mol. The standard InChI is InChI=1S/C11H20N6O2/c1-11(2,3)9-15-7(6-8(16-9)17-13)14-4-5-19-10(12)18/h6H,4-5,13H2,1-3H3,(H2,12,18)(H2,14,15,16,17). The third kappa shape index (κ3) is 4.96. The second kappa shape index (κ2) is 6.19. The summed E-state index contributed by atoms with van der Waals surface area (Å²) < 4.78 is 4.61. The van der Waals surface area contributed by atoms with E-state index in [4.69, 9.17) is 11.6 Å². The second-order valence-corrected chi connectivity index (χ2v) is 4.95. The van der Waals surface area contributed by atoms with Crippen molar-refractivity contribution in [1.82, 2.24) is 9.97 Å². The molecule has 0 saturated heterocycles. The van der Waals surface area contributed by atoms with E-state index in [0.717, 1.165) is 0 Å². The van der Waals surface area contributed by atoms with Gasteiger partial charge in [-0.05, 0) is 0 Å². The summed E-state index contributed by atoms with van der Waals surface area (Å²) >= 11 is 0. The molecule has 1 aromatic rings. The molecule has 6 N–H and O–H groups in total. The quantitative estimate of drug-likeness (QED) is 0.349. The van der Waals surface area contributed by atoms with Gasteiger partial charge in [0.25, 0.3) is 0 Å². The first-order valence-corrected chi connectivity index (χ1v) is 5.85. The molecule has 0 aliphatic heterocycles. The summed E-state index contributed by atoms with van der Waals surface area (Å²) in [6.07, 6.45) is -0.802. The fourth-order valence-electron chi connectivity index (χ4n) is 1.28. The number of aromatic nitrogens is 2. The summed E-state index contributed by atoms with van der Waals surface area (Å²) in [6, 6.07) is 1.67. The molecule has 1 aromatic heterocycles. The number of nitrogens with two attached hydrogens (primary N) is 2. The van der Waals surface area contributed by atoms with Gasteiger partial charge in [0.15, 0.2) is 0 Å². The highest BCUT2D eigenvalue weighted by atomic mass is 16.5. The van der Waals surface area contributed by atoms with Crippen LogP contribution in [0.15, 0.2) is 6.07 Å². The molecule has 0 bridgehead atoms. The summed E-state index contributed by atoms with van der Waals surface area (Å²) in [6.45, 7) is 6.57. The number of primary amides is 1. The Bertz CT molecular complexity index is 443. The van der Waals surface area contributed by atoms with Crippen molar-refractivity contribution in [3.05, 3.63) is 11.9 Å². The Labute approximate surface area is 111 Å². The lowest BCUT2D eigenvalue weighted by Crippen LogP contribution is -2.22. The van der Waals surface area contributed by atoms with Crippen LogP contribution in [0.2, 0.25) is 0 Å². The van der Waals surface area contributed by atoms with E-state index in [1.165, 1.54) is 0 Å². The van der Waals surface area contributed by atoms with E-state index in [1.54, 1.807) is 6.07 Å². The van der Waals surface area contributed by atoms with E-state index < -0.39 is 6.09 Å². The average molecular weight is 268 g/mol. The van der Waals surface area contributed by atoms with Crippen LogP contribution in [0.4, 0.5) is 16.4 Å². The maximum Gasteiger partial charge on any atom is 0.404 e. The highest BCUT2D eigenvalue weighted by molar-refractivity contribution is 5.64. The SMILES string of the molecule is CC(C)(C)c1nc(NN)cc(NCCOC(N)=O)n1. The molecule has 0 unspecified atom stereocenters. The van der Waals surface area contributed by atoms with Crippen molar-refractivity contribution in [3.8, 4) is 0 Å². The summed E-state index contributed by atoms with van der Waals surface area (Å²) in [4.78, 5) is 19.1. The number of hydrogen-bond acceptors (Lipinski definition) is 7. The van der Waals surface area contributed by atoms with E-state index in [-0.39, 0.29) is 12.0 Å². The van der Waals surface area contributed by atoms with Crippen molar-refractivity contribution >= 4 is 17.7 Å². The van der Waals surface area contributed by atoms with Gasteiger partial charge in [-0.3, -0.25) is 0 Å². The third-order valence-corrected chi connectivity index (χ3v) is 2.20. The molecular weight excluding hydrogens is 248 g/mol. The molecule has 0 atom stereocenters. The van der Waals surface area contributed by atoms with Crippen LogP contribution in [-0.2, 0) is 10.2 Å². The third-order valence-electron chi connectivity index (χ3n) is 2.20. The number of carbonyl (C=O) groups excluding carboxylic acids is 1. The minimum atomic E-state index is -0.802. The molecule has 0 spiro atoms. The number of anilines is 2. The molecule has 1 amide bonds. The van der Waals surface area contributed by atoms with Gasteiger partial charge in [0, 0.05) is 11.5 Å². The molecule has 8 nitrogen and oxygen atoms in total. The van der Waals surface area contributed by atoms with E-state index in [9.17, 15) is 4.79 Å². The fourth-order valence-corrected chi connectivity index (χ4v) is 1.28. The van der Waals surface area contributed by atoms with Gasteiger partial charge in [-0.2, -0.15) is 0 Å². The Morgan fingerprint density at radius 1 is 1.37 bits per heavy atom. The van der Waals surface area contributed by atoms with Crippen LogP contribution in [0, 0.1) is 0 Å². The zero-order valence-electron chi connectivity index (χ0n) is 11.4. The molecule has 8 heteroatoms. The van der Waals surface area contributed by atoms with Crippen molar-refractivity contribution in [2.75, 3.05) is 23.9 Å². The Balaban J connectivity index is 2.74. The number of carbonyl (C=O) groups is 1. The van der Waals surface area contributed by atoms with Gasteiger partial charge < -0.3 is 21.2 Å². The van der Waals surface area contributed by atoms with Gasteiger partial charge >= 0.3 is 6.09 Å². The molecule has 1 heterocycles. The van der Waals surface area contributed by atoms with E-state index in [0.29, 0.717) is 24.0 Å². The van der Waals surface area contributed by atoms with Crippen LogP contribution in [0.25, 0.3) is 0 Å². The van der Waals surface area contributed by atoms with E-state index in [2.05, 4.69) is 25.4 Å². The van der Waals surface area contributed by atoms with Crippen molar-refractivity contribution < 1.29 is 9.53 Å². The molecule has 0 fully saturated rings. The number of ether oxygens (including phenoxy) is 1. The zero-order chi connectivity index (χ0) is 14.5. The highest BCUT2D eigenvalue weighted by Crippen LogP contribution is 2.21. The molecule has 0 aliphatic rings. The fraction of sp³-hybridized carbons (Fsp3) is 0.545. The van der Waals surface area contributed by atoms with Gasteiger partial charge in [-0.25, -0.2) is 20.6 Å². The molecule has 19 heavy (non-hydrogen) atoms. The Kier molecular flexibility index (Phi) is 4.87. The van der Waals surface area contributed by atoms with Crippen LogP contribution in [-0.4, -0.2) is 29.2 Å². The molecule has 0 aromatic carbocycles. The summed E-state index contributed by atoms with van der Waals surface area (Å²) in [5.74, 6) is 7.14. The van der Waals surface area contributed by atoms with Gasteiger partial charge in [0.2, 0.25) is 0 Å². The lowest BCUT2D eigenvalue weighted by Gasteiger charge is -2.18. The lowest BCUT2D eigenvalue weighted by molar-refractivity contribution is 0.161. The van der Waals surface area contributed by atoms with Crippen molar-refractivity contribution in [1.29, 1.82) is 0 Å². The summed E-state index contributed by atoms with van der Waals surface area (Å²) in [7, 11) is 0. The Hall–Kier alpha value is -2.09. The predicted octanol–water partition coefficient (Wildman–Crippen LogP) is 0.567. The first kappa shape index (κ1) is 15.0. The minimum Gasteiger partial charge on any atom is -0.448 e. The largest absolute Gasteiger partial charge is 0.448 e. The van der Waals surface area contributed by atoms with Crippen LogP contribution in [0.5, 0.6) is 0 Å².